The minimum Gasteiger partial charge on any atom is -0.398 e. The zero-order valence-electron chi connectivity index (χ0n) is 9.88. The van der Waals surface area contributed by atoms with E-state index in [2.05, 4.69) is 11.4 Å². The summed E-state index contributed by atoms with van der Waals surface area (Å²) in [4.78, 5) is 0. The van der Waals surface area contributed by atoms with E-state index in [-0.39, 0.29) is 0 Å². The number of hydrogen-bond acceptors (Lipinski definition) is 3. The lowest BCUT2D eigenvalue weighted by Crippen LogP contribution is -2.08. The lowest BCUT2D eigenvalue weighted by atomic mass is 10.0. The van der Waals surface area contributed by atoms with E-state index in [0.29, 0.717) is 11.4 Å². The predicted octanol–water partition coefficient (Wildman–Crippen LogP) is 2.19. The molecule has 0 saturated heterocycles. The number of rotatable bonds is 5. The van der Waals surface area contributed by atoms with Gasteiger partial charge in [-0.3, -0.25) is 5.41 Å². The summed E-state index contributed by atoms with van der Waals surface area (Å²) in [6.07, 6.45) is 2.99. The molecule has 0 saturated carbocycles. The van der Waals surface area contributed by atoms with Gasteiger partial charge in [-0.15, -0.1) is 0 Å². The molecule has 3 nitrogen and oxygen atoms in total. The summed E-state index contributed by atoms with van der Waals surface area (Å²) >= 11 is 0. The number of nitrogen functional groups attached to an aromatic ring is 1. The number of nitrogens with two attached hydrogens (primary N) is 1. The van der Waals surface area contributed by atoms with E-state index < -0.39 is 0 Å². The van der Waals surface area contributed by atoms with Crippen molar-refractivity contribution in [3.05, 3.63) is 41.5 Å². The first-order chi connectivity index (χ1) is 7.66. The lowest BCUT2D eigenvalue weighted by Gasteiger charge is -2.07. The van der Waals surface area contributed by atoms with Crippen LogP contribution in [0.1, 0.15) is 18.9 Å². The van der Waals surface area contributed by atoms with Gasteiger partial charge in [0.15, 0.2) is 0 Å². The third-order valence-electron chi connectivity index (χ3n) is 2.47. The minimum absolute atomic E-state index is 0.509. The molecule has 0 aliphatic heterocycles. The Hall–Kier alpha value is -1.61. The van der Waals surface area contributed by atoms with Crippen LogP contribution in [0.2, 0.25) is 0 Å². The average molecular weight is 217 g/mol. The highest BCUT2D eigenvalue weighted by Gasteiger charge is 2.06. The number of benzene rings is 1. The van der Waals surface area contributed by atoms with Gasteiger partial charge in [0.1, 0.15) is 0 Å². The fourth-order valence-corrected chi connectivity index (χ4v) is 1.47. The van der Waals surface area contributed by atoms with Crippen molar-refractivity contribution in [2.24, 2.45) is 0 Å². The molecular formula is C13H19N3. The molecule has 1 aromatic rings. The Morgan fingerprint density at radius 2 is 2.12 bits per heavy atom. The van der Waals surface area contributed by atoms with Gasteiger partial charge in [0.2, 0.25) is 0 Å². The summed E-state index contributed by atoms with van der Waals surface area (Å²) in [6.45, 7) is 2.87. The monoisotopic (exact) mass is 217 g/mol. The lowest BCUT2D eigenvalue weighted by molar-refractivity contribution is 0.806. The Bertz CT molecular complexity index is 394. The third-order valence-corrected chi connectivity index (χ3v) is 2.47. The van der Waals surface area contributed by atoms with E-state index in [4.69, 9.17) is 11.1 Å². The van der Waals surface area contributed by atoms with E-state index in [9.17, 15) is 0 Å². The molecule has 0 radical (unpaired) electrons. The van der Waals surface area contributed by atoms with Gasteiger partial charge in [-0.25, -0.2) is 0 Å². The predicted molar refractivity (Wildman–Crippen MR) is 70.0 cm³/mol. The van der Waals surface area contributed by atoms with Crippen LogP contribution in [-0.4, -0.2) is 19.3 Å². The van der Waals surface area contributed by atoms with Crippen LogP contribution in [0.4, 0.5) is 5.69 Å². The first kappa shape index (κ1) is 12.5. The number of allylic oxidation sites excluding steroid dienone is 1. The second-order valence-corrected chi connectivity index (χ2v) is 3.74. The largest absolute Gasteiger partial charge is 0.398 e. The van der Waals surface area contributed by atoms with Crippen molar-refractivity contribution in [3.8, 4) is 0 Å². The zero-order chi connectivity index (χ0) is 12.0. The quantitative estimate of drug-likeness (QED) is 0.402. The van der Waals surface area contributed by atoms with E-state index in [1.807, 2.05) is 38.2 Å². The molecule has 0 aromatic heterocycles. The van der Waals surface area contributed by atoms with Crippen LogP contribution < -0.4 is 11.1 Å². The van der Waals surface area contributed by atoms with Crippen LogP contribution in [0, 0.1) is 5.41 Å². The maximum Gasteiger partial charge on any atom is 0.0658 e. The number of anilines is 1. The number of nitrogens with one attached hydrogen (secondary N) is 2. The fourth-order valence-electron chi connectivity index (χ4n) is 1.47. The van der Waals surface area contributed by atoms with Gasteiger partial charge in [-0.05, 0) is 38.6 Å². The second kappa shape index (κ2) is 6.08. The van der Waals surface area contributed by atoms with E-state index >= 15 is 0 Å². The molecule has 4 N–H and O–H groups in total. The van der Waals surface area contributed by atoms with Crippen LogP contribution >= 0.6 is 0 Å². The molecule has 0 spiro atoms. The molecule has 3 heteroatoms. The van der Waals surface area contributed by atoms with E-state index in [1.165, 1.54) is 0 Å². The number of para-hydroxylation sites is 1. The van der Waals surface area contributed by atoms with Crippen molar-refractivity contribution in [2.45, 2.75) is 13.3 Å². The molecular weight excluding hydrogens is 198 g/mol. The Kier molecular flexibility index (Phi) is 4.73. The molecule has 0 fully saturated rings. The molecule has 86 valence electrons. The molecule has 0 unspecified atom stereocenters. The van der Waals surface area contributed by atoms with Crippen LogP contribution in [0.3, 0.4) is 0 Å². The second-order valence-electron chi connectivity index (χ2n) is 3.74. The molecule has 0 amide bonds. The maximum absolute atomic E-state index is 8.04. The topological polar surface area (TPSA) is 61.9 Å². The summed E-state index contributed by atoms with van der Waals surface area (Å²) < 4.78 is 0. The van der Waals surface area contributed by atoms with Gasteiger partial charge in [-0.2, -0.15) is 0 Å². The van der Waals surface area contributed by atoms with Gasteiger partial charge in [0.05, 0.1) is 5.71 Å². The SMILES string of the molecule is CNCC/C=C(\C)C(=N)c1ccccc1N. The summed E-state index contributed by atoms with van der Waals surface area (Å²) in [6, 6.07) is 7.49. The number of hydrogen-bond donors (Lipinski definition) is 3. The Morgan fingerprint density at radius 3 is 2.75 bits per heavy atom. The van der Waals surface area contributed by atoms with Crippen molar-refractivity contribution < 1.29 is 0 Å². The highest BCUT2D eigenvalue weighted by Crippen LogP contribution is 2.15. The van der Waals surface area contributed by atoms with Crippen LogP contribution in [0.15, 0.2) is 35.9 Å². The van der Waals surface area contributed by atoms with Crippen molar-refractivity contribution in [3.63, 3.8) is 0 Å². The molecule has 0 heterocycles. The molecule has 1 rings (SSSR count). The van der Waals surface area contributed by atoms with Gasteiger partial charge >= 0.3 is 0 Å². The maximum atomic E-state index is 8.04. The molecule has 0 aliphatic carbocycles. The highest BCUT2D eigenvalue weighted by molar-refractivity contribution is 6.13. The zero-order valence-corrected chi connectivity index (χ0v) is 9.88. The van der Waals surface area contributed by atoms with Gasteiger partial charge in [0, 0.05) is 11.3 Å². The van der Waals surface area contributed by atoms with E-state index in [0.717, 1.165) is 24.1 Å². The summed E-state index contributed by atoms with van der Waals surface area (Å²) in [7, 11) is 1.92. The van der Waals surface area contributed by atoms with Gasteiger partial charge < -0.3 is 11.1 Å². The summed E-state index contributed by atoms with van der Waals surface area (Å²) in [5.74, 6) is 0. The van der Waals surface area contributed by atoms with Crippen molar-refractivity contribution in [1.82, 2.24) is 5.32 Å². The third kappa shape index (κ3) is 3.21. The highest BCUT2D eigenvalue weighted by atomic mass is 14.8. The van der Waals surface area contributed by atoms with Crippen LogP contribution in [0.25, 0.3) is 0 Å². The Morgan fingerprint density at radius 1 is 1.44 bits per heavy atom. The fraction of sp³-hybridized carbons (Fsp3) is 0.308. The molecule has 16 heavy (non-hydrogen) atoms. The molecule has 0 atom stereocenters. The smallest absolute Gasteiger partial charge is 0.0658 e. The van der Waals surface area contributed by atoms with E-state index in [1.54, 1.807) is 0 Å². The molecule has 1 aromatic carbocycles. The first-order valence-corrected chi connectivity index (χ1v) is 5.42. The summed E-state index contributed by atoms with van der Waals surface area (Å²) in [5.41, 5.74) is 8.78. The normalized spacial score (nSPS) is 11.5. The van der Waals surface area contributed by atoms with Gasteiger partial charge in [-0.1, -0.05) is 24.3 Å². The Labute approximate surface area is 96.9 Å². The van der Waals surface area contributed by atoms with Crippen molar-refractivity contribution >= 4 is 11.4 Å². The van der Waals surface area contributed by atoms with Crippen LogP contribution in [-0.2, 0) is 0 Å². The minimum atomic E-state index is 0.509. The van der Waals surface area contributed by atoms with Crippen LogP contribution in [0.5, 0.6) is 0 Å². The average Bonchev–Trinajstić information content (AvgIpc) is 2.29. The van der Waals surface area contributed by atoms with Crippen molar-refractivity contribution in [2.75, 3.05) is 19.3 Å². The molecule has 0 bridgehead atoms. The first-order valence-electron chi connectivity index (χ1n) is 5.42. The van der Waals surface area contributed by atoms with Crippen molar-refractivity contribution in [1.29, 1.82) is 5.41 Å². The molecule has 0 aliphatic rings. The standard InChI is InChI=1S/C13H19N3/c1-10(6-5-9-16-2)13(15)11-7-3-4-8-12(11)14/h3-4,6-8,15-16H,5,9,14H2,1-2H3/b10-6+,15-13?. The summed E-state index contributed by atoms with van der Waals surface area (Å²) in [5, 5.41) is 11.1. The Balaban J connectivity index is 2.78. The van der Waals surface area contributed by atoms with Gasteiger partial charge in [0.25, 0.3) is 0 Å².